The molecule has 0 aromatic heterocycles. The van der Waals surface area contributed by atoms with Gasteiger partial charge >= 0.3 is 0 Å². The first-order valence-electron chi connectivity index (χ1n) is 6.51. The van der Waals surface area contributed by atoms with Crippen molar-refractivity contribution in [2.45, 2.75) is 6.42 Å². The van der Waals surface area contributed by atoms with Crippen LogP contribution in [0.4, 0.5) is 0 Å². The van der Waals surface area contributed by atoms with E-state index >= 15 is 0 Å². The number of hydrogen-bond donors (Lipinski definition) is 1. The molecule has 0 aliphatic carbocycles. The summed E-state index contributed by atoms with van der Waals surface area (Å²) in [6, 6.07) is 14.4. The minimum absolute atomic E-state index is 0.345. The highest BCUT2D eigenvalue weighted by atomic mass is 32.2. The molecule has 2 aromatic carbocycles. The minimum atomic E-state index is -3.59. The van der Waals surface area contributed by atoms with Gasteiger partial charge in [-0.25, -0.2) is 5.14 Å². The van der Waals surface area contributed by atoms with Crippen LogP contribution in [0.3, 0.4) is 0 Å². The molecule has 20 heavy (non-hydrogen) atoms. The van der Waals surface area contributed by atoms with Crippen LogP contribution in [0.15, 0.2) is 48.5 Å². The second-order valence-corrected chi connectivity index (χ2v) is 6.46. The summed E-state index contributed by atoms with van der Waals surface area (Å²) in [6.07, 6.45) is 2.64. The fraction of sp³-hybridized carbons (Fsp3) is 0.200. The molecular weight excluding hydrogens is 272 g/mol. The molecule has 0 fully saturated rings. The van der Waals surface area contributed by atoms with Gasteiger partial charge in [0.25, 0.3) is 10.2 Å². The van der Waals surface area contributed by atoms with Crippen LogP contribution < -0.4 is 5.14 Å². The molecule has 0 saturated carbocycles. The first-order chi connectivity index (χ1) is 9.55. The highest BCUT2D eigenvalue weighted by Crippen LogP contribution is 2.29. The zero-order valence-electron chi connectivity index (χ0n) is 11.0. The van der Waals surface area contributed by atoms with Gasteiger partial charge in [-0.3, -0.25) is 0 Å². The van der Waals surface area contributed by atoms with Crippen molar-refractivity contribution in [2.75, 3.05) is 13.1 Å². The molecule has 5 heteroatoms. The lowest BCUT2D eigenvalue weighted by molar-refractivity contribution is 0.442. The van der Waals surface area contributed by atoms with E-state index in [2.05, 4.69) is 24.3 Å². The van der Waals surface area contributed by atoms with E-state index < -0.39 is 10.2 Å². The van der Waals surface area contributed by atoms with Crippen LogP contribution in [0.5, 0.6) is 0 Å². The topological polar surface area (TPSA) is 63.4 Å². The average Bonchev–Trinajstić information content (AvgIpc) is 2.46. The third-order valence-corrected chi connectivity index (χ3v) is 4.72. The van der Waals surface area contributed by atoms with Crippen LogP contribution >= 0.6 is 0 Å². The Morgan fingerprint density at radius 2 is 1.80 bits per heavy atom. The first kappa shape index (κ1) is 13.3. The maximum atomic E-state index is 11.3. The van der Waals surface area contributed by atoms with E-state index in [1.54, 1.807) is 0 Å². The molecule has 4 nitrogen and oxygen atoms in total. The van der Waals surface area contributed by atoms with Crippen molar-refractivity contribution in [3.8, 4) is 0 Å². The number of benzene rings is 2. The first-order valence-corrected chi connectivity index (χ1v) is 8.01. The molecule has 2 aromatic rings. The molecule has 1 heterocycles. The molecule has 0 bridgehead atoms. The molecule has 0 unspecified atom stereocenters. The van der Waals surface area contributed by atoms with Gasteiger partial charge in [0.05, 0.1) is 0 Å². The SMILES string of the molecule is NS(=O)(=O)N1CC=C(c2cccc3ccccc23)CC1. The van der Waals surface area contributed by atoms with Crippen LogP contribution in [-0.2, 0) is 10.2 Å². The third kappa shape index (κ3) is 2.47. The van der Waals surface area contributed by atoms with E-state index in [9.17, 15) is 8.42 Å². The van der Waals surface area contributed by atoms with Crippen molar-refractivity contribution in [1.82, 2.24) is 4.31 Å². The van der Waals surface area contributed by atoms with Gasteiger partial charge in [0, 0.05) is 13.1 Å². The van der Waals surface area contributed by atoms with Crippen molar-refractivity contribution in [1.29, 1.82) is 0 Å². The summed E-state index contributed by atoms with van der Waals surface area (Å²) in [5.74, 6) is 0. The van der Waals surface area contributed by atoms with E-state index in [0.29, 0.717) is 19.5 Å². The zero-order valence-corrected chi connectivity index (χ0v) is 11.8. The Labute approximate surface area is 118 Å². The van der Waals surface area contributed by atoms with E-state index in [-0.39, 0.29) is 0 Å². The largest absolute Gasteiger partial charge is 0.277 e. The second-order valence-electron chi connectivity index (χ2n) is 4.91. The lowest BCUT2D eigenvalue weighted by Gasteiger charge is -2.24. The lowest BCUT2D eigenvalue weighted by Crippen LogP contribution is -2.39. The van der Waals surface area contributed by atoms with Gasteiger partial charge < -0.3 is 0 Å². The van der Waals surface area contributed by atoms with Crippen LogP contribution in [0.1, 0.15) is 12.0 Å². The summed E-state index contributed by atoms with van der Waals surface area (Å²) in [4.78, 5) is 0. The van der Waals surface area contributed by atoms with Gasteiger partial charge in [0.1, 0.15) is 0 Å². The fourth-order valence-electron chi connectivity index (χ4n) is 2.63. The fourth-order valence-corrected chi connectivity index (χ4v) is 3.26. The molecule has 0 saturated heterocycles. The van der Waals surface area contributed by atoms with Gasteiger partial charge in [-0.05, 0) is 28.3 Å². The van der Waals surface area contributed by atoms with Crippen molar-refractivity contribution in [3.63, 3.8) is 0 Å². The molecular formula is C15H16N2O2S. The van der Waals surface area contributed by atoms with Crippen LogP contribution in [-0.4, -0.2) is 25.8 Å². The molecule has 0 spiro atoms. The standard InChI is InChI=1S/C15H16N2O2S/c16-20(18,19)17-10-8-13(9-11-17)15-7-3-5-12-4-1-2-6-14(12)15/h1-8H,9-11H2,(H2,16,18,19). The maximum Gasteiger partial charge on any atom is 0.277 e. The summed E-state index contributed by atoms with van der Waals surface area (Å²) < 4.78 is 23.9. The Morgan fingerprint density at radius 3 is 2.50 bits per heavy atom. The molecule has 2 N–H and O–H groups in total. The number of nitrogens with two attached hydrogens (primary N) is 1. The summed E-state index contributed by atoms with van der Waals surface area (Å²) in [7, 11) is -3.59. The normalized spacial score (nSPS) is 17.1. The van der Waals surface area contributed by atoms with Gasteiger partial charge in [0.15, 0.2) is 0 Å². The van der Waals surface area contributed by atoms with Gasteiger partial charge in [-0.15, -0.1) is 0 Å². The van der Waals surface area contributed by atoms with E-state index in [1.165, 1.54) is 26.2 Å². The second kappa shape index (κ2) is 5.01. The van der Waals surface area contributed by atoms with E-state index in [0.717, 1.165) is 0 Å². The maximum absolute atomic E-state index is 11.3. The quantitative estimate of drug-likeness (QED) is 0.920. The minimum Gasteiger partial charge on any atom is -0.216 e. The molecule has 0 radical (unpaired) electrons. The Balaban J connectivity index is 1.99. The van der Waals surface area contributed by atoms with Crippen molar-refractivity contribution in [2.24, 2.45) is 5.14 Å². The van der Waals surface area contributed by atoms with Gasteiger partial charge in [-0.1, -0.05) is 48.5 Å². The molecule has 104 valence electrons. The monoisotopic (exact) mass is 288 g/mol. The van der Waals surface area contributed by atoms with Gasteiger partial charge in [0.2, 0.25) is 0 Å². The molecule has 1 aliphatic heterocycles. The van der Waals surface area contributed by atoms with Crippen LogP contribution in [0, 0.1) is 0 Å². The van der Waals surface area contributed by atoms with Crippen molar-refractivity contribution < 1.29 is 8.42 Å². The van der Waals surface area contributed by atoms with Crippen molar-refractivity contribution >= 4 is 26.6 Å². The Hall–Kier alpha value is -1.69. The predicted molar refractivity (Wildman–Crippen MR) is 81.2 cm³/mol. The number of fused-ring (bicyclic) bond motifs is 1. The molecule has 3 rings (SSSR count). The summed E-state index contributed by atoms with van der Waals surface area (Å²) in [5.41, 5.74) is 2.36. The Bertz CT molecular complexity index is 776. The summed E-state index contributed by atoms with van der Waals surface area (Å²) in [5, 5.41) is 7.55. The predicted octanol–water partition coefficient (Wildman–Crippen LogP) is 2.13. The van der Waals surface area contributed by atoms with Crippen molar-refractivity contribution in [3.05, 3.63) is 54.1 Å². The zero-order chi connectivity index (χ0) is 14.2. The highest BCUT2D eigenvalue weighted by Gasteiger charge is 2.21. The molecule has 0 amide bonds. The number of hydrogen-bond acceptors (Lipinski definition) is 2. The summed E-state index contributed by atoms with van der Waals surface area (Å²) >= 11 is 0. The lowest BCUT2D eigenvalue weighted by atomic mass is 9.95. The number of nitrogens with zero attached hydrogens (tertiary/aromatic N) is 1. The smallest absolute Gasteiger partial charge is 0.216 e. The van der Waals surface area contributed by atoms with E-state index in [4.69, 9.17) is 5.14 Å². The average molecular weight is 288 g/mol. The summed E-state index contributed by atoms with van der Waals surface area (Å²) in [6.45, 7) is 0.783. The Kier molecular flexibility index (Phi) is 3.33. The number of rotatable bonds is 2. The molecule has 0 atom stereocenters. The van der Waals surface area contributed by atoms with Crippen LogP contribution in [0.25, 0.3) is 16.3 Å². The Morgan fingerprint density at radius 1 is 1.05 bits per heavy atom. The van der Waals surface area contributed by atoms with Gasteiger partial charge in [-0.2, -0.15) is 12.7 Å². The highest BCUT2D eigenvalue weighted by molar-refractivity contribution is 7.86. The third-order valence-electron chi connectivity index (χ3n) is 3.67. The molecule has 1 aliphatic rings. The van der Waals surface area contributed by atoms with E-state index in [1.807, 2.05) is 24.3 Å². The van der Waals surface area contributed by atoms with Crippen LogP contribution in [0.2, 0.25) is 0 Å².